The van der Waals surface area contributed by atoms with Gasteiger partial charge in [0.15, 0.2) is 11.6 Å². The maximum absolute atomic E-state index is 14.8. The molecule has 6 rings (SSSR count). The number of anilines is 2. The number of rotatable bonds is 5. The van der Waals surface area contributed by atoms with Crippen LogP contribution in [-0.2, 0) is 21.4 Å². The predicted octanol–water partition coefficient (Wildman–Crippen LogP) is 6.54. The van der Waals surface area contributed by atoms with Gasteiger partial charge >= 0.3 is 0 Å². The Labute approximate surface area is 236 Å². The van der Waals surface area contributed by atoms with Crippen molar-refractivity contribution in [2.45, 2.75) is 65.0 Å². The van der Waals surface area contributed by atoms with E-state index in [0.717, 1.165) is 40.8 Å². The van der Waals surface area contributed by atoms with Crippen LogP contribution in [0.15, 0.2) is 72.8 Å². The summed E-state index contributed by atoms with van der Waals surface area (Å²) < 4.78 is 0. The number of para-hydroxylation sites is 1. The van der Waals surface area contributed by atoms with Gasteiger partial charge in [-0.25, -0.2) is 0 Å². The van der Waals surface area contributed by atoms with Crippen molar-refractivity contribution in [2.75, 3.05) is 10.2 Å². The third kappa shape index (κ3) is 3.71. The highest BCUT2D eigenvalue weighted by atomic mass is 16.2. The van der Waals surface area contributed by atoms with Gasteiger partial charge in [0.1, 0.15) is 11.5 Å². The van der Waals surface area contributed by atoms with Crippen LogP contribution in [0.4, 0.5) is 11.4 Å². The number of Topliss-reactive ketones (excluding diaryl/α,β-unsaturated/α-hetero) is 2. The standard InChI is InChI=1S/C35H36N2O3/c1-6-9-22-13-15-23(16-14-22)31(38)29-30(32(39)34(3,4)5)37-27-18-12-21(2)20-24(27)17-19-28(37)35(29)25-10-7-8-11-26(25)36-33(35)40/h7-8,10-20,28-30H,6,9H2,1-5H3,(H,36,40)/t28-,29+,30-,35-/m1/s1. The van der Waals surface area contributed by atoms with Gasteiger partial charge in [-0.1, -0.05) is 100 Å². The molecular weight excluding hydrogens is 496 g/mol. The number of ketones is 2. The predicted molar refractivity (Wildman–Crippen MR) is 160 cm³/mol. The molecule has 1 N–H and O–H groups in total. The number of fused-ring (bicyclic) bond motifs is 6. The third-order valence-electron chi connectivity index (χ3n) is 8.86. The second kappa shape index (κ2) is 9.29. The van der Waals surface area contributed by atoms with Gasteiger partial charge in [0.05, 0.1) is 12.0 Å². The number of nitrogens with one attached hydrogen (secondary N) is 1. The van der Waals surface area contributed by atoms with Crippen molar-refractivity contribution in [2.24, 2.45) is 11.3 Å². The number of carbonyl (C=O) groups excluding carboxylic acids is 3. The fourth-order valence-corrected chi connectivity index (χ4v) is 7.05. The SMILES string of the molecule is CCCc1ccc(C(=O)[C@@H]2[C@H](C(=O)C(C)(C)C)N3c4ccc(C)cc4C=C[C@@H]3[C@@]23C(=O)Nc2ccccc23)cc1. The van der Waals surface area contributed by atoms with E-state index >= 15 is 0 Å². The van der Waals surface area contributed by atoms with Gasteiger partial charge in [0, 0.05) is 22.4 Å². The van der Waals surface area contributed by atoms with Crippen LogP contribution in [0.5, 0.6) is 0 Å². The van der Waals surface area contributed by atoms with Crippen molar-refractivity contribution in [3.05, 3.63) is 101 Å². The second-order valence-electron chi connectivity index (χ2n) is 12.5. The molecule has 3 heterocycles. The van der Waals surface area contributed by atoms with Crippen LogP contribution >= 0.6 is 0 Å². The van der Waals surface area contributed by atoms with Gasteiger partial charge in [-0.3, -0.25) is 14.4 Å². The first-order valence-electron chi connectivity index (χ1n) is 14.2. The van der Waals surface area contributed by atoms with Crippen molar-refractivity contribution < 1.29 is 14.4 Å². The second-order valence-corrected chi connectivity index (χ2v) is 12.5. The highest BCUT2D eigenvalue weighted by molar-refractivity contribution is 6.17. The molecule has 1 amide bonds. The summed E-state index contributed by atoms with van der Waals surface area (Å²) in [5.41, 5.74) is 4.16. The molecule has 1 fully saturated rings. The fraction of sp³-hybridized carbons (Fsp3) is 0.343. The summed E-state index contributed by atoms with van der Waals surface area (Å²) in [5, 5.41) is 3.09. The summed E-state index contributed by atoms with van der Waals surface area (Å²) in [6.45, 7) is 9.86. The molecule has 204 valence electrons. The van der Waals surface area contributed by atoms with Crippen LogP contribution in [0, 0.1) is 18.3 Å². The number of amides is 1. The molecule has 3 aliphatic heterocycles. The van der Waals surface area contributed by atoms with E-state index in [1.165, 1.54) is 0 Å². The third-order valence-corrected chi connectivity index (χ3v) is 8.86. The summed E-state index contributed by atoms with van der Waals surface area (Å²) >= 11 is 0. The largest absolute Gasteiger partial charge is 0.352 e. The van der Waals surface area contributed by atoms with Crippen molar-refractivity contribution in [1.82, 2.24) is 0 Å². The highest BCUT2D eigenvalue weighted by Gasteiger charge is 2.70. The Morgan fingerprint density at radius 1 is 1.00 bits per heavy atom. The van der Waals surface area contributed by atoms with Crippen molar-refractivity contribution in [3.63, 3.8) is 0 Å². The zero-order valence-corrected chi connectivity index (χ0v) is 23.8. The van der Waals surface area contributed by atoms with Gasteiger partial charge in [0.2, 0.25) is 5.91 Å². The number of hydrogen-bond acceptors (Lipinski definition) is 4. The van der Waals surface area contributed by atoms with Gasteiger partial charge in [-0.2, -0.15) is 0 Å². The zero-order valence-electron chi connectivity index (χ0n) is 23.8. The minimum Gasteiger partial charge on any atom is -0.352 e. The van der Waals surface area contributed by atoms with Crippen molar-refractivity contribution >= 4 is 34.9 Å². The van der Waals surface area contributed by atoms with Crippen molar-refractivity contribution in [3.8, 4) is 0 Å². The summed E-state index contributed by atoms with van der Waals surface area (Å²) in [7, 11) is 0. The lowest BCUT2D eigenvalue weighted by atomic mass is 9.63. The molecule has 3 aromatic rings. The highest BCUT2D eigenvalue weighted by Crippen LogP contribution is 2.58. The first-order valence-corrected chi connectivity index (χ1v) is 14.2. The molecule has 0 radical (unpaired) electrons. The molecule has 0 unspecified atom stereocenters. The van der Waals surface area contributed by atoms with E-state index in [1.807, 2.05) is 101 Å². The normalized spacial score (nSPS) is 24.5. The Morgan fingerprint density at radius 3 is 2.42 bits per heavy atom. The van der Waals surface area contributed by atoms with Crippen LogP contribution in [0.25, 0.3) is 6.08 Å². The molecule has 0 aromatic heterocycles. The lowest BCUT2D eigenvalue weighted by molar-refractivity contribution is -0.128. The molecule has 3 aliphatic rings. The van der Waals surface area contributed by atoms with Gasteiger partial charge < -0.3 is 10.2 Å². The molecule has 3 aromatic carbocycles. The van der Waals surface area contributed by atoms with Gasteiger partial charge in [-0.05, 0) is 48.2 Å². The maximum Gasteiger partial charge on any atom is 0.238 e. The Kier molecular flexibility index (Phi) is 6.10. The molecule has 5 nitrogen and oxygen atoms in total. The average molecular weight is 533 g/mol. The number of benzene rings is 3. The smallest absolute Gasteiger partial charge is 0.238 e. The maximum atomic E-state index is 14.8. The van der Waals surface area contributed by atoms with Crippen LogP contribution in [0.2, 0.25) is 0 Å². The number of carbonyl (C=O) groups is 3. The molecule has 0 aliphatic carbocycles. The molecule has 1 spiro atoms. The lowest BCUT2D eigenvalue weighted by Crippen LogP contribution is -2.51. The summed E-state index contributed by atoms with van der Waals surface area (Å²) in [4.78, 5) is 45.7. The summed E-state index contributed by atoms with van der Waals surface area (Å²) in [6, 6.07) is 20.2. The number of aryl methyl sites for hydroxylation is 2. The van der Waals surface area contributed by atoms with Gasteiger partial charge in [-0.15, -0.1) is 0 Å². The van der Waals surface area contributed by atoms with Crippen LogP contribution in [-0.4, -0.2) is 29.6 Å². The first-order chi connectivity index (χ1) is 19.1. The van der Waals surface area contributed by atoms with Crippen LogP contribution in [0.3, 0.4) is 0 Å². The Bertz CT molecular complexity index is 1560. The molecule has 5 heteroatoms. The topological polar surface area (TPSA) is 66.5 Å². The van der Waals surface area contributed by atoms with Crippen LogP contribution in [0.1, 0.15) is 66.7 Å². The monoisotopic (exact) mass is 532 g/mol. The fourth-order valence-electron chi connectivity index (χ4n) is 7.05. The molecule has 40 heavy (non-hydrogen) atoms. The average Bonchev–Trinajstić information content (AvgIpc) is 3.40. The van der Waals surface area contributed by atoms with Crippen molar-refractivity contribution in [1.29, 1.82) is 0 Å². The van der Waals surface area contributed by atoms with E-state index in [4.69, 9.17) is 0 Å². The number of nitrogens with zero attached hydrogens (tertiary/aromatic N) is 1. The van der Waals surface area contributed by atoms with E-state index in [1.54, 1.807) is 0 Å². The first kappa shape index (κ1) is 26.2. The molecule has 0 bridgehead atoms. The Balaban J connectivity index is 1.64. The molecule has 4 atom stereocenters. The van der Waals surface area contributed by atoms with E-state index in [0.29, 0.717) is 11.3 Å². The number of hydrogen-bond donors (Lipinski definition) is 1. The molecular formula is C35H36N2O3. The van der Waals surface area contributed by atoms with E-state index < -0.39 is 28.8 Å². The Morgan fingerprint density at radius 2 is 1.73 bits per heavy atom. The quantitative estimate of drug-likeness (QED) is 0.379. The lowest BCUT2D eigenvalue weighted by Gasteiger charge is -2.38. The van der Waals surface area contributed by atoms with Crippen LogP contribution < -0.4 is 10.2 Å². The summed E-state index contributed by atoms with van der Waals surface area (Å²) in [5.74, 6) is -1.36. The minimum atomic E-state index is -1.26. The zero-order chi connectivity index (χ0) is 28.4. The minimum absolute atomic E-state index is 0.0469. The van der Waals surface area contributed by atoms with E-state index in [-0.39, 0.29) is 17.5 Å². The van der Waals surface area contributed by atoms with E-state index in [9.17, 15) is 14.4 Å². The Hall–Kier alpha value is -3.99. The van der Waals surface area contributed by atoms with Gasteiger partial charge in [0.25, 0.3) is 0 Å². The van der Waals surface area contributed by atoms with E-state index in [2.05, 4.69) is 23.2 Å². The summed E-state index contributed by atoms with van der Waals surface area (Å²) in [6.07, 6.45) is 6.02. The molecule has 1 saturated heterocycles. The molecule has 0 saturated carbocycles.